The summed E-state index contributed by atoms with van der Waals surface area (Å²) in [4.78, 5) is 4.38. The molecule has 0 aliphatic rings. The molecule has 20 heavy (non-hydrogen) atoms. The van der Waals surface area contributed by atoms with Gasteiger partial charge in [0.05, 0.1) is 0 Å². The topological polar surface area (TPSA) is 12.9 Å². The zero-order valence-electron chi connectivity index (χ0n) is 11.0. The van der Waals surface area contributed by atoms with Crippen molar-refractivity contribution in [1.29, 1.82) is 0 Å². The zero-order valence-corrected chi connectivity index (χ0v) is 15.5. The molecule has 94 valence electrons. The number of hydrogen-bond acceptors (Lipinski definition) is 1. The van der Waals surface area contributed by atoms with Crippen LogP contribution >= 0.6 is 13.6 Å². The molecule has 0 amide bonds. The molecule has 0 N–H and O–H groups in total. The van der Waals surface area contributed by atoms with Crippen LogP contribution in [-0.4, -0.2) is 4.98 Å². The van der Waals surface area contributed by atoms with Crippen molar-refractivity contribution in [3.8, 4) is 22.3 Å². The van der Waals surface area contributed by atoms with Gasteiger partial charge in [0.15, 0.2) is 0 Å². The van der Waals surface area contributed by atoms with E-state index in [0.717, 1.165) is 0 Å². The molecule has 1 heterocycles. The second-order valence-corrected chi connectivity index (χ2v) is 9.61. The molecule has 3 aromatic rings. The molecular weight excluding hydrogens is 363 g/mol. The molecule has 0 spiro atoms. The molecule has 1 nitrogen and oxygen atoms in total. The van der Waals surface area contributed by atoms with Crippen LogP contribution in [0.1, 0.15) is 0 Å². The molecule has 0 atom stereocenters. The molecule has 0 unspecified atom stereocenters. The first-order valence-electron chi connectivity index (χ1n) is 6.53. The molecule has 0 saturated heterocycles. The number of nitrogens with zero attached hydrogens (tertiary/aromatic N) is 1. The third-order valence-corrected chi connectivity index (χ3v) is 7.65. The van der Waals surface area contributed by atoms with Gasteiger partial charge in [0.2, 0.25) is 0 Å². The molecule has 0 saturated carbocycles. The van der Waals surface area contributed by atoms with Crippen LogP contribution in [0.5, 0.6) is 0 Å². The predicted molar refractivity (Wildman–Crippen MR) is 83.7 cm³/mol. The van der Waals surface area contributed by atoms with Gasteiger partial charge < -0.3 is 0 Å². The van der Waals surface area contributed by atoms with E-state index in [1.165, 1.54) is 26.5 Å². The quantitative estimate of drug-likeness (QED) is 0.617. The number of benzene rings is 2. The molecule has 3 rings (SSSR count). The van der Waals surface area contributed by atoms with Crippen LogP contribution in [-0.2, 0) is 15.2 Å². The first-order valence-corrected chi connectivity index (χ1v) is 15.0. The second kappa shape index (κ2) is 6.43. The summed E-state index contributed by atoms with van der Waals surface area (Å²) in [7, 11) is 0. The van der Waals surface area contributed by atoms with Gasteiger partial charge >= 0.3 is 133 Å². The van der Waals surface area contributed by atoms with E-state index < -0.39 is 15.2 Å². The first-order chi connectivity index (χ1) is 9.86. The predicted octanol–water partition coefficient (Wildman–Crippen LogP) is 4.43. The van der Waals surface area contributed by atoms with Crippen molar-refractivity contribution < 1.29 is 15.2 Å². The Hall–Kier alpha value is -1.31. The summed E-state index contributed by atoms with van der Waals surface area (Å²) in [5.41, 5.74) is 5.00. The molecule has 0 fully saturated rings. The van der Waals surface area contributed by atoms with Gasteiger partial charge in [-0.1, -0.05) is 0 Å². The van der Waals surface area contributed by atoms with Gasteiger partial charge in [0.25, 0.3) is 0 Å². The van der Waals surface area contributed by atoms with Crippen molar-refractivity contribution in [1.82, 2.24) is 4.98 Å². The molecule has 0 radical (unpaired) electrons. The maximum atomic E-state index is 4.38. The van der Waals surface area contributed by atoms with Crippen LogP contribution in [0.2, 0.25) is 0 Å². The van der Waals surface area contributed by atoms with Gasteiger partial charge in [-0.05, 0) is 0 Å². The summed E-state index contributed by atoms with van der Waals surface area (Å²) < 4.78 is 1.24. The van der Waals surface area contributed by atoms with Crippen LogP contribution in [0, 0.1) is 0 Å². The standard InChI is InChI=1S/C17H12N.BrH.Zn/c1-2-4-14(5-3-1)15-6-8-16(9-7-15)17-10-12-18-13-11-17;;/h1-12H;1H;/q;;+1/p-1. The van der Waals surface area contributed by atoms with E-state index in [0.29, 0.717) is 0 Å². The summed E-state index contributed by atoms with van der Waals surface area (Å²) in [6.45, 7) is 0. The number of pyridine rings is 1. The average Bonchev–Trinajstić information content (AvgIpc) is 2.56. The summed E-state index contributed by atoms with van der Waals surface area (Å²) in [5.74, 6) is 0. The Morgan fingerprint density at radius 2 is 1.30 bits per heavy atom. The fourth-order valence-electron chi connectivity index (χ4n) is 2.22. The van der Waals surface area contributed by atoms with Crippen molar-refractivity contribution in [2.45, 2.75) is 0 Å². The second-order valence-electron chi connectivity index (χ2n) is 4.61. The van der Waals surface area contributed by atoms with E-state index in [1.54, 1.807) is 0 Å². The van der Waals surface area contributed by atoms with E-state index in [-0.39, 0.29) is 0 Å². The molecule has 3 heteroatoms. The molecule has 0 bridgehead atoms. The van der Waals surface area contributed by atoms with Crippen LogP contribution in [0.15, 0.2) is 72.9 Å². The Balaban J connectivity index is 1.93. The number of halogens is 1. The molecule has 0 aliphatic heterocycles. The normalized spacial score (nSPS) is 10.1. The van der Waals surface area contributed by atoms with Crippen LogP contribution in [0.4, 0.5) is 0 Å². The summed E-state index contributed by atoms with van der Waals surface area (Å²) in [5, 5.41) is 0. The van der Waals surface area contributed by atoms with Crippen molar-refractivity contribution in [3.05, 3.63) is 72.9 Å². The molecular formula is C17H12BrNZn. The number of aromatic nitrogens is 1. The molecule has 1 aromatic heterocycles. The van der Waals surface area contributed by atoms with E-state index in [2.05, 4.69) is 79.3 Å². The van der Waals surface area contributed by atoms with Crippen LogP contribution in [0.25, 0.3) is 22.3 Å². The monoisotopic (exact) mass is 373 g/mol. The Bertz CT molecular complexity index is 696. The SMILES string of the molecule is [Br][Zn][c]1cc(-c2ccc(-c3ccccc3)cc2)ccn1. The van der Waals surface area contributed by atoms with Gasteiger partial charge in [0, 0.05) is 0 Å². The summed E-state index contributed by atoms with van der Waals surface area (Å²) in [6, 6.07) is 23.5. The van der Waals surface area contributed by atoms with Gasteiger partial charge in [-0.3, -0.25) is 0 Å². The fourth-order valence-corrected chi connectivity index (χ4v) is 4.80. The molecule has 0 aliphatic carbocycles. The Morgan fingerprint density at radius 1 is 0.700 bits per heavy atom. The van der Waals surface area contributed by atoms with E-state index in [4.69, 9.17) is 0 Å². The van der Waals surface area contributed by atoms with Gasteiger partial charge in [0.1, 0.15) is 0 Å². The van der Waals surface area contributed by atoms with Crippen molar-refractivity contribution in [2.75, 3.05) is 0 Å². The van der Waals surface area contributed by atoms with Crippen molar-refractivity contribution >= 4 is 17.9 Å². The van der Waals surface area contributed by atoms with E-state index in [9.17, 15) is 0 Å². The zero-order chi connectivity index (χ0) is 13.8. The van der Waals surface area contributed by atoms with Crippen molar-refractivity contribution in [2.24, 2.45) is 0 Å². The minimum atomic E-state index is -0.791. The Kier molecular flexibility index (Phi) is 4.39. The van der Waals surface area contributed by atoms with Gasteiger partial charge in [-0.15, -0.1) is 0 Å². The van der Waals surface area contributed by atoms with E-state index in [1.807, 2.05) is 12.3 Å². The number of rotatable bonds is 3. The van der Waals surface area contributed by atoms with Crippen molar-refractivity contribution in [3.63, 3.8) is 0 Å². The third-order valence-electron chi connectivity index (χ3n) is 3.28. The Morgan fingerprint density at radius 3 is 1.95 bits per heavy atom. The first kappa shape index (κ1) is 13.7. The summed E-state index contributed by atoms with van der Waals surface area (Å²) >= 11 is 2.84. The molecule has 2 aromatic carbocycles. The van der Waals surface area contributed by atoms with Gasteiger partial charge in [-0.25, -0.2) is 0 Å². The van der Waals surface area contributed by atoms with E-state index >= 15 is 0 Å². The fraction of sp³-hybridized carbons (Fsp3) is 0. The van der Waals surface area contributed by atoms with Crippen LogP contribution < -0.4 is 4.29 Å². The number of hydrogen-bond donors (Lipinski definition) is 0. The third kappa shape index (κ3) is 3.05. The summed E-state index contributed by atoms with van der Waals surface area (Å²) in [6.07, 6.45) is 1.91. The maximum absolute atomic E-state index is 4.38. The Labute approximate surface area is 133 Å². The van der Waals surface area contributed by atoms with Crippen LogP contribution in [0.3, 0.4) is 0 Å². The van der Waals surface area contributed by atoms with Gasteiger partial charge in [-0.2, -0.15) is 0 Å². The minimum absolute atomic E-state index is 0.791. The average molecular weight is 376 g/mol.